The zero-order valence-electron chi connectivity index (χ0n) is 14.6. The number of para-hydroxylation sites is 1. The van der Waals surface area contributed by atoms with Crippen molar-refractivity contribution in [3.63, 3.8) is 0 Å². The van der Waals surface area contributed by atoms with Crippen LogP contribution >= 0.6 is 0 Å². The van der Waals surface area contributed by atoms with E-state index in [1.807, 2.05) is 25.2 Å². The molecule has 3 rings (SSSR count). The minimum atomic E-state index is 0.680. The van der Waals surface area contributed by atoms with Crippen molar-refractivity contribution in [3.8, 4) is 0 Å². The zero-order valence-corrected chi connectivity index (χ0v) is 14.6. The van der Waals surface area contributed by atoms with E-state index in [0.29, 0.717) is 19.7 Å². The van der Waals surface area contributed by atoms with Crippen molar-refractivity contribution in [3.05, 3.63) is 36.1 Å². The van der Waals surface area contributed by atoms with Crippen LogP contribution in [0.1, 0.15) is 25.5 Å². The van der Waals surface area contributed by atoms with Crippen molar-refractivity contribution in [2.24, 2.45) is 10.9 Å². The van der Waals surface area contributed by atoms with Crippen LogP contribution in [0.4, 0.5) is 0 Å². The maximum atomic E-state index is 5.89. The van der Waals surface area contributed by atoms with Crippen LogP contribution in [0.5, 0.6) is 0 Å². The predicted molar refractivity (Wildman–Crippen MR) is 97.2 cm³/mol. The number of aliphatic imine (C=N–C) groups is 1. The van der Waals surface area contributed by atoms with E-state index in [4.69, 9.17) is 9.15 Å². The lowest BCUT2D eigenvalue weighted by Gasteiger charge is -2.21. The Morgan fingerprint density at radius 1 is 1.38 bits per heavy atom. The number of hydrogen-bond donors (Lipinski definition) is 1. The average molecular weight is 329 g/mol. The second kappa shape index (κ2) is 8.20. The minimum Gasteiger partial charge on any atom is -0.459 e. The third kappa shape index (κ3) is 4.74. The highest BCUT2D eigenvalue weighted by Crippen LogP contribution is 2.28. The van der Waals surface area contributed by atoms with Gasteiger partial charge in [0.15, 0.2) is 5.96 Å². The molecule has 1 heterocycles. The molecule has 0 bridgehead atoms. The molecule has 1 aliphatic carbocycles. The van der Waals surface area contributed by atoms with E-state index in [1.54, 1.807) is 0 Å². The van der Waals surface area contributed by atoms with E-state index in [9.17, 15) is 0 Å². The van der Waals surface area contributed by atoms with Crippen LogP contribution in [0, 0.1) is 5.92 Å². The number of ether oxygens (including phenoxy) is 1. The predicted octanol–water partition coefficient (Wildman–Crippen LogP) is 3.26. The molecule has 0 radical (unpaired) electrons. The van der Waals surface area contributed by atoms with Gasteiger partial charge in [-0.3, -0.25) is 4.99 Å². The highest BCUT2D eigenvalue weighted by atomic mass is 16.5. The van der Waals surface area contributed by atoms with Crippen LogP contribution in [-0.4, -0.2) is 44.2 Å². The van der Waals surface area contributed by atoms with E-state index >= 15 is 0 Å². The largest absolute Gasteiger partial charge is 0.459 e. The molecular formula is C19H27N3O2. The molecule has 0 atom stereocenters. The van der Waals surface area contributed by atoms with Crippen molar-refractivity contribution in [1.82, 2.24) is 10.2 Å². The lowest BCUT2D eigenvalue weighted by molar-refractivity contribution is 0.131. The molecule has 0 aliphatic heterocycles. The molecule has 1 N–H and O–H groups in total. The van der Waals surface area contributed by atoms with Gasteiger partial charge in [0.1, 0.15) is 11.3 Å². The molecule has 5 heteroatoms. The van der Waals surface area contributed by atoms with Crippen LogP contribution in [0.3, 0.4) is 0 Å². The average Bonchev–Trinajstić information content (AvgIpc) is 3.31. The normalized spacial score (nSPS) is 15.0. The Balaban J connectivity index is 1.54. The molecule has 130 valence electrons. The van der Waals surface area contributed by atoms with Crippen LogP contribution in [0.25, 0.3) is 11.0 Å². The number of rotatable bonds is 8. The Kier molecular flexibility index (Phi) is 5.75. The molecule has 0 unspecified atom stereocenters. The van der Waals surface area contributed by atoms with Gasteiger partial charge in [0.25, 0.3) is 0 Å². The summed E-state index contributed by atoms with van der Waals surface area (Å²) in [7, 11) is 2.03. The van der Waals surface area contributed by atoms with Gasteiger partial charge in [0.05, 0.1) is 19.7 Å². The first kappa shape index (κ1) is 16.8. The van der Waals surface area contributed by atoms with Crippen molar-refractivity contribution >= 4 is 16.9 Å². The molecule has 2 aromatic rings. The van der Waals surface area contributed by atoms with E-state index < -0.39 is 0 Å². The molecule has 0 spiro atoms. The summed E-state index contributed by atoms with van der Waals surface area (Å²) in [5, 5.41) is 4.46. The standard InChI is InChI=1S/C19H27N3O2/c1-3-20-19(21-10-11-23-14-15-8-9-15)22(2)13-17-12-16-6-4-5-7-18(16)24-17/h4-7,12,15H,3,8-11,13-14H2,1-2H3,(H,20,21). The molecule has 1 aliphatic rings. The fraction of sp³-hybridized carbons (Fsp3) is 0.526. The molecule has 1 fully saturated rings. The van der Waals surface area contributed by atoms with Gasteiger partial charge < -0.3 is 19.4 Å². The number of furan rings is 1. The topological polar surface area (TPSA) is 50.0 Å². The molecular weight excluding hydrogens is 302 g/mol. The number of hydrogen-bond acceptors (Lipinski definition) is 3. The summed E-state index contributed by atoms with van der Waals surface area (Å²) in [6.07, 6.45) is 2.65. The summed E-state index contributed by atoms with van der Waals surface area (Å²) in [6.45, 7) is 5.86. The molecule has 5 nitrogen and oxygen atoms in total. The first-order chi connectivity index (χ1) is 11.8. The third-order valence-electron chi connectivity index (χ3n) is 4.11. The first-order valence-corrected chi connectivity index (χ1v) is 8.81. The van der Waals surface area contributed by atoms with Gasteiger partial charge in [-0.15, -0.1) is 0 Å². The quantitative estimate of drug-likeness (QED) is 0.459. The number of nitrogens with one attached hydrogen (secondary N) is 1. The second-order valence-electron chi connectivity index (χ2n) is 6.36. The zero-order chi connectivity index (χ0) is 16.8. The van der Waals surface area contributed by atoms with Crippen LogP contribution in [0.2, 0.25) is 0 Å². The fourth-order valence-corrected chi connectivity index (χ4v) is 2.64. The Morgan fingerprint density at radius 2 is 2.21 bits per heavy atom. The highest BCUT2D eigenvalue weighted by Gasteiger charge is 2.20. The SMILES string of the molecule is CCNC(=NCCOCC1CC1)N(C)Cc1cc2ccccc2o1. The minimum absolute atomic E-state index is 0.680. The van der Waals surface area contributed by atoms with Gasteiger partial charge in [-0.25, -0.2) is 0 Å². The van der Waals surface area contributed by atoms with Gasteiger partial charge in [0, 0.05) is 25.6 Å². The number of nitrogens with zero attached hydrogens (tertiary/aromatic N) is 2. The summed E-state index contributed by atoms with van der Waals surface area (Å²) in [4.78, 5) is 6.73. The van der Waals surface area contributed by atoms with E-state index in [1.165, 1.54) is 12.8 Å². The maximum Gasteiger partial charge on any atom is 0.194 e. The van der Waals surface area contributed by atoms with E-state index in [-0.39, 0.29) is 0 Å². The summed E-state index contributed by atoms with van der Waals surface area (Å²) in [5.41, 5.74) is 0.927. The maximum absolute atomic E-state index is 5.89. The smallest absolute Gasteiger partial charge is 0.194 e. The second-order valence-corrected chi connectivity index (χ2v) is 6.36. The summed E-state index contributed by atoms with van der Waals surface area (Å²) in [5.74, 6) is 2.63. The Labute approximate surface area is 143 Å². The van der Waals surface area contributed by atoms with Gasteiger partial charge in [-0.1, -0.05) is 18.2 Å². The summed E-state index contributed by atoms with van der Waals surface area (Å²) in [6, 6.07) is 10.2. The molecule has 24 heavy (non-hydrogen) atoms. The van der Waals surface area contributed by atoms with Gasteiger partial charge >= 0.3 is 0 Å². The molecule has 1 aromatic carbocycles. The van der Waals surface area contributed by atoms with Crippen molar-refractivity contribution < 1.29 is 9.15 Å². The first-order valence-electron chi connectivity index (χ1n) is 8.81. The molecule has 1 saturated carbocycles. The van der Waals surface area contributed by atoms with Gasteiger partial charge in [0.2, 0.25) is 0 Å². The van der Waals surface area contributed by atoms with Crippen LogP contribution in [0.15, 0.2) is 39.7 Å². The Hall–Kier alpha value is -2.01. The molecule has 1 aromatic heterocycles. The Morgan fingerprint density at radius 3 is 2.96 bits per heavy atom. The van der Waals surface area contributed by atoms with Crippen LogP contribution in [-0.2, 0) is 11.3 Å². The highest BCUT2D eigenvalue weighted by molar-refractivity contribution is 5.80. The van der Waals surface area contributed by atoms with E-state index in [0.717, 1.165) is 41.8 Å². The molecule has 0 saturated heterocycles. The Bertz CT molecular complexity index is 643. The van der Waals surface area contributed by atoms with E-state index in [2.05, 4.69) is 34.3 Å². The number of benzene rings is 1. The monoisotopic (exact) mass is 329 g/mol. The van der Waals surface area contributed by atoms with Crippen molar-refractivity contribution in [2.45, 2.75) is 26.3 Å². The summed E-state index contributed by atoms with van der Waals surface area (Å²) < 4.78 is 11.5. The number of guanidine groups is 1. The van der Waals surface area contributed by atoms with Crippen molar-refractivity contribution in [2.75, 3.05) is 33.4 Å². The lowest BCUT2D eigenvalue weighted by atomic mass is 10.2. The van der Waals surface area contributed by atoms with Crippen molar-refractivity contribution in [1.29, 1.82) is 0 Å². The number of fused-ring (bicyclic) bond motifs is 1. The van der Waals surface area contributed by atoms with Crippen LogP contribution < -0.4 is 5.32 Å². The van der Waals surface area contributed by atoms with Gasteiger partial charge in [-0.2, -0.15) is 0 Å². The summed E-state index contributed by atoms with van der Waals surface area (Å²) >= 11 is 0. The molecule has 0 amide bonds. The third-order valence-corrected chi connectivity index (χ3v) is 4.11. The van der Waals surface area contributed by atoms with Gasteiger partial charge in [-0.05, 0) is 37.8 Å². The fourth-order valence-electron chi connectivity index (χ4n) is 2.64. The lowest BCUT2D eigenvalue weighted by Crippen LogP contribution is -2.38.